The smallest absolute Gasteiger partial charge is 0.174 e. The number of pyridine rings is 1. The van der Waals surface area contributed by atoms with Crippen LogP contribution in [-0.2, 0) is 4.74 Å². The fourth-order valence-electron chi connectivity index (χ4n) is 6.16. The van der Waals surface area contributed by atoms with E-state index in [1.807, 2.05) is 18.3 Å². The molecule has 0 saturated carbocycles. The van der Waals surface area contributed by atoms with E-state index >= 15 is 0 Å². The van der Waals surface area contributed by atoms with Crippen LogP contribution in [0.4, 0.5) is 11.4 Å². The van der Waals surface area contributed by atoms with Crippen molar-refractivity contribution in [3.63, 3.8) is 0 Å². The molecule has 39 heavy (non-hydrogen) atoms. The molecule has 0 radical (unpaired) electrons. The largest absolute Gasteiger partial charge is 0.378 e. The predicted molar refractivity (Wildman–Crippen MR) is 162 cm³/mol. The normalized spacial score (nSPS) is 19.4. The van der Waals surface area contributed by atoms with Crippen molar-refractivity contribution in [1.29, 1.82) is 0 Å². The summed E-state index contributed by atoms with van der Waals surface area (Å²) in [6, 6.07) is 23.8. The van der Waals surface area contributed by atoms with Gasteiger partial charge in [-0.2, -0.15) is 0 Å². The van der Waals surface area contributed by atoms with Gasteiger partial charge >= 0.3 is 0 Å². The molecule has 6 nitrogen and oxygen atoms in total. The molecule has 4 heterocycles. The third-order valence-corrected chi connectivity index (χ3v) is 8.17. The summed E-state index contributed by atoms with van der Waals surface area (Å²) in [4.78, 5) is 9.40. The minimum absolute atomic E-state index is 0.0406. The summed E-state index contributed by atoms with van der Waals surface area (Å²) in [6.45, 7) is 12.1. The summed E-state index contributed by atoms with van der Waals surface area (Å²) in [6.07, 6.45) is 1.86. The molecular formula is C32H35N5OS. The number of benzene rings is 2. The fraction of sp³-hybridized carbons (Fsp3) is 0.312. The molecule has 7 heteroatoms. The monoisotopic (exact) mass is 537 g/mol. The molecule has 4 aromatic rings. The Hall–Kier alpha value is -3.68. The van der Waals surface area contributed by atoms with Crippen molar-refractivity contribution in [2.24, 2.45) is 0 Å². The van der Waals surface area contributed by atoms with Crippen LogP contribution in [0.1, 0.15) is 45.9 Å². The number of aromatic nitrogens is 2. The standard InChI is InChI=1S/C32H35N5OS/c1-21-17-22(2)19-27(18-21)37-31(30(34-32(37)39)29-7-5-6-12-33-29)28-20-23(3)36(24(28)4)26-10-8-25(9-11-26)35-13-15-38-16-14-35/h5-12,17-20,30-31H,13-16H2,1-4H3,(H,34,39)/t30-,31-/m1/s1. The van der Waals surface area contributed by atoms with E-state index in [4.69, 9.17) is 21.9 Å². The maximum atomic E-state index is 5.98. The number of hydrogen-bond acceptors (Lipinski definition) is 4. The van der Waals surface area contributed by atoms with Crippen molar-refractivity contribution < 1.29 is 4.74 Å². The molecule has 2 aromatic heterocycles. The Balaban J connectivity index is 1.43. The van der Waals surface area contributed by atoms with Crippen LogP contribution in [0.5, 0.6) is 0 Å². The Labute approximate surface area is 236 Å². The zero-order chi connectivity index (χ0) is 27.1. The Morgan fingerprint density at radius 2 is 1.54 bits per heavy atom. The number of aryl methyl sites for hydroxylation is 3. The van der Waals surface area contributed by atoms with E-state index < -0.39 is 0 Å². The number of anilines is 2. The van der Waals surface area contributed by atoms with Gasteiger partial charge in [-0.05, 0) is 111 Å². The lowest BCUT2D eigenvalue weighted by Crippen LogP contribution is -2.36. The highest BCUT2D eigenvalue weighted by Gasteiger charge is 2.42. The van der Waals surface area contributed by atoms with Crippen molar-refractivity contribution in [1.82, 2.24) is 14.9 Å². The van der Waals surface area contributed by atoms with Crippen LogP contribution in [0.25, 0.3) is 5.69 Å². The summed E-state index contributed by atoms with van der Waals surface area (Å²) in [7, 11) is 0. The quantitative estimate of drug-likeness (QED) is 0.310. The van der Waals surface area contributed by atoms with Crippen LogP contribution < -0.4 is 15.1 Å². The average Bonchev–Trinajstić information content (AvgIpc) is 3.44. The van der Waals surface area contributed by atoms with Gasteiger partial charge in [0.15, 0.2) is 5.11 Å². The molecule has 2 fully saturated rings. The van der Waals surface area contributed by atoms with E-state index in [0.717, 1.165) is 48.5 Å². The molecule has 6 rings (SSSR count). The molecule has 2 aromatic carbocycles. The number of thiocarbonyl (C=S) groups is 1. The van der Waals surface area contributed by atoms with Gasteiger partial charge in [0.05, 0.1) is 31.0 Å². The molecule has 2 saturated heterocycles. The van der Waals surface area contributed by atoms with E-state index in [0.29, 0.717) is 0 Å². The number of rotatable bonds is 5. The van der Waals surface area contributed by atoms with E-state index in [2.05, 4.69) is 102 Å². The van der Waals surface area contributed by atoms with E-state index in [1.54, 1.807) is 0 Å². The van der Waals surface area contributed by atoms with Crippen molar-refractivity contribution in [3.05, 3.63) is 107 Å². The molecule has 0 bridgehead atoms. The summed E-state index contributed by atoms with van der Waals surface area (Å²) in [5.74, 6) is 0. The maximum Gasteiger partial charge on any atom is 0.174 e. The first-order chi connectivity index (χ1) is 18.9. The van der Waals surface area contributed by atoms with E-state index in [1.165, 1.54) is 33.8 Å². The highest BCUT2D eigenvalue weighted by molar-refractivity contribution is 7.80. The van der Waals surface area contributed by atoms with Crippen LogP contribution in [0.2, 0.25) is 0 Å². The van der Waals surface area contributed by atoms with Gasteiger partial charge in [-0.15, -0.1) is 0 Å². The molecule has 0 amide bonds. The molecule has 200 valence electrons. The Bertz CT molecular complexity index is 1470. The number of nitrogens with one attached hydrogen (secondary N) is 1. The second-order valence-corrected chi connectivity index (χ2v) is 11.0. The fourth-order valence-corrected chi connectivity index (χ4v) is 6.50. The average molecular weight is 538 g/mol. The predicted octanol–water partition coefficient (Wildman–Crippen LogP) is 6.12. The first-order valence-electron chi connectivity index (χ1n) is 13.6. The summed E-state index contributed by atoms with van der Waals surface area (Å²) in [5, 5.41) is 4.34. The van der Waals surface area contributed by atoms with Gasteiger partial charge in [-0.25, -0.2) is 0 Å². The number of morpholine rings is 1. The van der Waals surface area contributed by atoms with Crippen molar-refractivity contribution in [2.45, 2.75) is 39.8 Å². The maximum absolute atomic E-state index is 5.98. The van der Waals surface area contributed by atoms with E-state index in [-0.39, 0.29) is 12.1 Å². The van der Waals surface area contributed by atoms with Gasteiger partial charge in [-0.3, -0.25) is 4.98 Å². The lowest BCUT2D eigenvalue weighted by atomic mass is 9.96. The van der Waals surface area contributed by atoms with Gasteiger partial charge in [0.25, 0.3) is 0 Å². The van der Waals surface area contributed by atoms with Crippen LogP contribution in [0, 0.1) is 27.7 Å². The van der Waals surface area contributed by atoms with Gasteiger partial charge in [0.1, 0.15) is 0 Å². The van der Waals surface area contributed by atoms with Gasteiger partial charge < -0.3 is 24.4 Å². The summed E-state index contributed by atoms with van der Waals surface area (Å²) in [5.41, 5.74) is 10.6. The molecular weight excluding hydrogens is 502 g/mol. The second kappa shape index (κ2) is 10.5. The first kappa shape index (κ1) is 25.6. The van der Waals surface area contributed by atoms with Crippen LogP contribution in [0.3, 0.4) is 0 Å². The molecule has 0 spiro atoms. The minimum Gasteiger partial charge on any atom is -0.378 e. The number of ether oxygens (including phenoxy) is 1. The van der Waals surface area contributed by atoms with Gasteiger partial charge in [0, 0.05) is 47.7 Å². The third-order valence-electron chi connectivity index (χ3n) is 7.86. The minimum atomic E-state index is -0.0721. The third kappa shape index (κ3) is 4.81. The number of hydrogen-bond donors (Lipinski definition) is 1. The van der Waals surface area contributed by atoms with Crippen LogP contribution >= 0.6 is 12.2 Å². The topological polar surface area (TPSA) is 45.6 Å². The molecule has 2 aliphatic rings. The lowest BCUT2D eigenvalue weighted by molar-refractivity contribution is 0.122. The summed E-state index contributed by atoms with van der Waals surface area (Å²) >= 11 is 5.98. The highest BCUT2D eigenvalue weighted by atomic mass is 32.1. The van der Waals surface area contributed by atoms with Gasteiger partial charge in [0.2, 0.25) is 0 Å². The van der Waals surface area contributed by atoms with Crippen LogP contribution in [0.15, 0.2) is 72.9 Å². The van der Waals surface area contributed by atoms with Gasteiger partial charge in [-0.1, -0.05) is 12.1 Å². The Kier molecular flexibility index (Phi) is 6.87. The molecule has 0 aliphatic carbocycles. The van der Waals surface area contributed by atoms with Crippen molar-refractivity contribution in [3.8, 4) is 5.69 Å². The van der Waals surface area contributed by atoms with Crippen molar-refractivity contribution >= 4 is 28.7 Å². The Morgan fingerprint density at radius 1 is 0.846 bits per heavy atom. The zero-order valence-electron chi connectivity index (χ0n) is 23.0. The van der Waals surface area contributed by atoms with E-state index in [9.17, 15) is 0 Å². The van der Waals surface area contributed by atoms with Crippen LogP contribution in [-0.4, -0.2) is 41.0 Å². The van der Waals surface area contributed by atoms with Crippen molar-refractivity contribution in [2.75, 3.05) is 36.1 Å². The molecule has 0 unspecified atom stereocenters. The highest BCUT2D eigenvalue weighted by Crippen LogP contribution is 2.44. The molecule has 2 atom stereocenters. The molecule has 2 aliphatic heterocycles. The first-order valence-corrected chi connectivity index (χ1v) is 14.0. The zero-order valence-corrected chi connectivity index (χ0v) is 23.8. The number of nitrogens with zero attached hydrogens (tertiary/aromatic N) is 4. The Morgan fingerprint density at radius 3 is 2.21 bits per heavy atom. The second-order valence-electron chi connectivity index (χ2n) is 10.6. The SMILES string of the molecule is Cc1cc(C)cc(N2C(=S)N[C@H](c3ccccn3)[C@H]2c2cc(C)n(-c3ccc(N4CCOCC4)cc3)c2C)c1. The summed E-state index contributed by atoms with van der Waals surface area (Å²) < 4.78 is 7.89. The molecule has 1 N–H and O–H groups in total. The lowest BCUT2D eigenvalue weighted by Gasteiger charge is -2.29.